The molecule has 1 heterocycles. The first kappa shape index (κ1) is 22.3. The summed E-state index contributed by atoms with van der Waals surface area (Å²) in [6, 6.07) is 13.8. The normalized spacial score (nSPS) is 11.6. The fourth-order valence-electron chi connectivity index (χ4n) is 3.38. The lowest BCUT2D eigenvalue weighted by atomic mass is 10.1. The molecule has 0 saturated carbocycles. The smallest absolute Gasteiger partial charge is 0.337 e. The summed E-state index contributed by atoms with van der Waals surface area (Å²) in [4.78, 5) is 14.2. The van der Waals surface area contributed by atoms with E-state index >= 15 is 0 Å². The predicted molar refractivity (Wildman–Crippen MR) is 120 cm³/mol. The van der Waals surface area contributed by atoms with E-state index in [9.17, 15) is 13.2 Å². The van der Waals surface area contributed by atoms with Crippen molar-refractivity contribution in [3.63, 3.8) is 0 Å². The number of carbonyl (C=O) groups is 1. The SMILES string of the molecule is COC(=O)c1ccc(-n2c(C)cc(/C=N\NS(=O)(=O)c3ccc(C)cc3)c2C)c(C)c1. The van der Waals surface area contributed by atoms with Crippen LogP contribution in [0.5, 0.6) is 0 Å². The van der Waals surface area contributed by atoms with Crippen molar-refractivity contribution in [1.82, 2.24) is 9.40 Å². The van der Waals surface area contributed by atoms with Crippen LogP contribution < -0.4 is 4.83 Å². The number of aryl methyl sites for hydroxylation is 3. The number of hydrazone groups is 1. The Bertz CT molecular complexity index is 1260. The van der Waals surface area contributed by atoms with Crippen LogP contribution in [0.3, 0.4) is 0 Å². The minimum absolute atomic E-state index is 0.155. The number of esters is 1. The quantitative estimate of drug-likeness (QED) is 0.359. The van der Waals surface area contributed by atoms with Crippen molar-refractivity contribution in [2.24, 2.45) is 5.10 Å². The van der Waals surface area contributed by atoms with E-state index in [4.69, 9.17) is 4.74 Å². The Balaban J connectivity index is 1.86. The Kier molecular flexibility index (Phi) is 6.31. The van der Waals surface area contributed by atoms with E-state index in [2.05, 4.69) is 9.93 Å². The van der Waals surface area contributed by atoms with Gasteiger partial charge in [0.15, 0.2) is 0 Å². The summed E-state index contributed by atoms with van der Waals surface area (Å²) in [5.41, 5.74) is 5.92. The molecule has 0 atom stereocenters. The van der Waals surface area contributed by atoms with Gasteiger partial charge in [0, 0.05) is 22.6 Å². The number of carbonyl (C=O) groups excluding carboxylic acids is 1. The van der Waals surface area contributed by atoms with Gasteiger partial charge in [-0.3, -0.25) is 0 Å². The molecule has 0 spiro atoms. The molecule has 0 saturated heterocycles. The number of methoxy groups -OCH3 is 1. The van der Waals surface area contributed by atoms with Crippen LogP contribution in [0.25, 0.3) is 5.69 Å². The first-order chi connectivity index (χ1) is 14.6. The zero-order valence-corrected chi connectivity index (χ0v) is 18.9. The van der Waals surface area contributed by atoms with Crippen molar-refractivity contribution in [3.8, 4) is 5.69 Å². The van der Waals surface area contributed by atoms with Gasteiger partial charge >= 0.3 is 5.97 Å². The summed E-state index contributed by atoms with van der Waals surface area (Å²) in [5, 5.41) is 3.95. The van der Waals surface area contributed by atoms with Crippen LogP contribution in [0.4, 0.5) is 0 Å². The summed E-state index contributed by atoms with van der Waals surface area (Å²) in [6.45, 7) is 7.69. The van der Waals surface area contributed by atoms with E-state index in [0.29, 0.717) is 5.56 Å². The van der Waals surface area contributed by atoms with Gasteiger partial charge in [0.05, 0.1) is 23.8 Å². The Labute approximate surface area is 182 Å². The number of hydrogen-bond donors (Lipinski definition) is 1. The van der Waals surface area contributed by atoms with Crippen LogP contribution in [-0.2, 0) is 14.8 Å². The van der Waals surface area contributed by atoms with Crippen LogP contribution in [0.15, 0.2) is 58.5 Å². The number of sulfonamides is 1. The number of rotatable bonds is 6. The number of hydrogen-bond acceptors (Lipinski definition) is 5. The Hall–Kier alpha value is -3.39. The highest BCUT2D eigenvalue weighted by Crippen LogP contribution is 2.23. The summed E-state index contributed by atoms with van der Waals surface area (Å²) >= 11 is 0. The fraction of sp³-hybridized carbons (Fsp3) is 0.217. The third kappa shape index (κ3) is 4.69. The highest BCUT2D eigenvalue weighted by molar-refractivity contribution is 7.89. The molecule has 7 nitrogen and oxygen atoms in total. The molecule has 0 aliphatic carbocycles. The molecule has 3 rings (SSSR count). The molecule has 31 heavy (non-hydrogen) atoms. The average Bonchev–Trinajstić information content (AvgIpc) is 3.01. The second-order valence-corrected chi connectivity index (χ2v) is 8.98. The van der Waals surface area contributed by atoms with Crippen LogP contribution in [0, 0.1) is 27.7 Å². The maximum absolute atomic E-state index is 12.4. The van der Waals surface area contributed by atoms with Crippen molar-refractivity contribution in [2.45, 2.75) is 32.6 Å². The summed E-state index contributed by atoms with van der Waals surface area (Å²) in [6.07, 6.45) is 1.49. The van der Waals surface area contributed by atoms with E-state index in [1.807, 2.05) is 44.4 Å². The van der Waals surface area contributed by atoms with Gasteiger partial charge in [-0.2, -0.15) is 13.5 Å². The van der Waals surface area contributed by atoms with Gasteiger partial charge in [-0.1, -0.05) is 17.7 Å². The van der Waals surface area contributed by atoms with E-state index < -0.39 is 10.0 Å². The van der Waals surface area contributed by atoms with Gasteiger partial charge in [0.25, 0.3) is 10.0 Å². The highest BCUT2D eigenvalue weighted by atomic mass is 32.2. The third-order valence-corrected chi connectivity index (χ3v) is 6.28. The monoisotopic (exact) mass is 439 g/mol. The lowest BCUT2D eigenvalue weighted by molar-refractivity contribution is 0.0600. The molecule has 8 heteroatoms. The molecule has 3 aromatic rings. The zero-order chi connectivity index (χ0) is 22.8. The average molecular weight is 440 g/mol. The minimum atomic E-state index is -3.74. The number of ether oxygens (including phenoxy) is 1. The van der Waals surface area contributed by atoms with Crippen LogP contribution in [-0.4, -0.2) is 32.3 Å². The van der Waals surface area contributed by atoms with Gasteiger partial charge in [-0.25, -0.2) is 9.63 Å². The molecule has 0 radical (unpaired) electrons. The minimum Gasteiger partial charge on any atom is -0.465 e. The lowest BCUT2D eigenvalue weighted by Crippen LogP contribution is -2.18. The largest absolute Gasteiger partial charge is 0.465 e. The van der Waals surface area contributed by atoms with E-state index in [-0.39, 0.29) is 10.9 Å². The van der Waals surface area contributed by atoms with Crippen molar-refractivity contribution in [1.29, 1.82) is 0 Å². The molecule has 0 bridgehead atoms. The Morgan fingerprint density at radius 2 is 1.71 bits per heavy atom. The Morgan fingerprint density at radius 1 is 1.03 bits per heavy atom. The number of nitrogens with zero attached hydrogens (tertiary/aromatic N) is 2. The maximum atomic E-state index is 12.4. The molecule has 162 valence electrons. The van der Waals surface area contributed by atoms with Crippen LogP contribution >= 0.6 is 0 Å². The van der Waals surface area contributed by atoms with Crippen molar-refractivity contribution in [2.75, 3.05) is 7.11 Å². The topological polar surface area (TPSA) is 89.8 Å². The molecule has 0 aliphatic heterocycles. The molecule has 0 unspecified atom stereocenters. The molecule has 0 amide bonds. The van der Waals surface area contributed by atoms with Gasteiger partial charge in [-0.15, -0.1) is 0 Å². The molecule has 1 aromatic heterocycles. The van der Waals surface area contributed by atoms with Gasteiger partial charge in [0.1, 0.15) is 0 Å². The summed E-state index contributed by atoms with van der Waals surface area (Å²) in [7, 11) is -2.38. The summed E-state index contributed by atoms with van der Waals surface area (Å²) < 4.78 is 31.6. The molecular weight excluding hydrogens is 414 g/mol. The molecule has 0 aliphatic rings. The number of nitrogens with one attached hydrogen (secondary N) is 1. The fourth-order valence-corrected chi connectivity index (χ4v) is 4.17. The molecule has 1 N–H and O–H groups in total. The highest BCUT2D eigenvalue weighted by Gasteiger charge is 2.15. The van der Waals surface area contributed by atoms with Crippen molar-refractivity contribution < 1.29 is 17.9 Å². The first-order valence-electron chi connectivity index (χ1n) is 9.64. The Morgan fingerprint density at radius 3 is 2.32 bits per heavy atom. The standard InChI is InChI=1S/C23H25N3O4S/c1-15-6-9-21(10-7-15)31(28,29)25-24-14-20-13-17(3)26(18(20)4)22-11-8-19(12-16(22)2)23(27)30-5/h6-14,25H,1-5H3/b24-14-. The molecule has 2 aromatic carbocycles. The second-order valence-electron chi connectivity index (χ2n) is 7.32. The number of aromatic nitrogens is 1. The predicted octanol–water partition coefficient (Wildman–Crippen LogP) is 3.81. The van der Waals surface area contributed by atoms with Gasteiger partial charge < -0.3 is 9.30 Å². The van der Waals surface area contributed by atoms with Crippen molar-refractivity contribution in [3.05, 3.63) is 82.2 Å². The first-order valence-corrected chi connectivity index (χ1v) is 11.1. The van der Waals surface area contributed by atoms with E-state index in [1.165, 1.54) is 13.3 Å². The van der Waals surface area contributed by atoms with Gasteiger partial charge in [0.2, 0.25) is 0 Å². The van der Waals surface area contributed by atoms with E-state index in [0.717, 1.165) is 33.8 Å². The third-order valence-electron chi connectivity index (χ3n) is 5.04. The zero-order valence-electron chi connectivity index (χ0n) is 18.1. The summed E-state index contributed by atoms with van der Waals surface area (Å²) in [5.74, 6) is -0.385. The van der Waals surface area contributed by atoms with E-state index in [1.54, 1.807) is 36.4 Å². The van der Waals surface area contributed by atoms with Crippen LogP contribution in [0.1, 0.15) is 38.4 Å². The van der Waals surface area contributed by atoms with Crippen molar-refractivity contribution >= 4 is 22.2 Å². The number of benzene rings is 2. The molecular formula is C23H25N3O4S. The molecule has 0 fully saturated rings. The van der Waals surface area contributed by atoms with Gasteiger partial charge in [-0.05, 0) is 69.7 Å². The maximum Gasteiger partial charge on any atom is 0.337 e. The van der Waals surface area contributed by atoms with Crippen LogP contribution in [0.2, 0.25) is 0 Å². The lowest BCUT2D eigenvalue weighted by Gasteiger charge is -2.13. The second kappa shape index (κ2) is 8.77.